The van der Waals surface area contributed by atoms with Crippen molar-refractivity contribution in [2.75, 3.05) is 13.2 Å². The van der Waals surface area contributed by atoms with Gasteiger partial charge in [-0.1, -0.05) is 25.8 Å². The van der Waals surface area contributed by atoms with Gasteiger partial charge in [0, 0.05) is 43.4 Å². The average Bonchev–Trinajstić information content (AvgIpc) is 3.16. The number of aromatic nitrogens is 2. The molecule has 4 rings (SSSR count). The Kier molecular flexibility index (Phi) is 7.15. The smallest absolute Gasteiger partial charge is 0.0689 e. The molecule has 2 fully saturated rings. The van der Waals surface area contributed by atoms with E-state index in [9.17, 15) is 0 Å². The number of nitrogens with zero attached hydrogens (tertiary/aromatic N) is 2. The van der Waals surface area contributed by atoms with Crippen LogP contribution in [0.5, 0.6) is 0 Å². The molecule has 0 radical (unpaired) electrons. The van der Waals surface area contributed by atoms with Gasteiger partial charge in [0.2, 0.25) is 0 Å². The molecule has 4 heteroatoms. The minimum absolute atomic E-state index is 0.209. The van der Waals surface area contributed by atoms with E-state index < -0.39 is 0 Å². The molecule has 1 aliphatic heterocycles. The lowest BCUT2D eigenvalue weighted by molar-refractivity contribution is -0.0809. The first-order valence-electron chi connectivity index (χ1n) is 9.96. The van der Waals surface area contributed by atoms with Crippen molar-refractivity contribution in [3.05, 3.63) is 60.2 Å². The predicted octanol–water partition coefficient (Wildman–Crippen LogP) is 4.48. The Morgan fingerprint density at radius 2 is 1.92 bits per heavy atom. The fraction of sp³-hybridized carbons (Fsp3) is 0.545. The van der Waals surface area contributed by atoms with Crippen molar-refractivity contribution in [2.45, 2.75) is 63.5 Å². The van der Waals surface area contributed by atoms with E-state index in [0.717, 1.165) is 26.1 Å². The molecule has 0 aromatic carbocycles. The first-order chi connectivity index (χ1) is 12.8. The summed E-state index contributed by atoms with van der Waals surface area (Å²) in [4.78, 5) is 8.43. The topological polar surface area (TPSA) is 47.0 Å². The van der Waals surface area contributed by atoms with E-state index in [0.29, 0.717) is 5.92 Å². The molecule has 1 atom stereocenters. The molecular formula is C22H31N3O. The van der Waals surface area contributed by atoms with Crippen molar-refractivity contribution in [1.29, 1.82) is 0 Å². The average molecular weight is 354 g/mol. The highest BCUT2D eigenvalue weighted by Crippen LogP contribution is 2.44. The summed E-state index contributed by atoms with van der Waals surface area (Å²) >= 11 is 0. The summed E-state index contributed by atoms with van der Waals surface area (Å²) in [6, 6.07) is 10.3. The van der Waals surface area contributed by atoms with Crippen LogP contribution in [0.25, 0.3) is 0 Å². The van der Waals surface area contributed by atoms with Crippen molar-refractivity contribution in [1.82, 2.24) is 15.3 Å². The molecule has 0 amide bonds. The second-order valence-electron chi connectivity index (χ2n) is 7.32. The second kappa shape index (κ2) is 9.79. The molecule has 1 saturated heterocycles. The van der Waals surface area contributed by atoms with Crippen LogP contribution in [0.2, 0.25) is 0 Å². The van der Waals surface area contributed by atoms with Gasteiger partial charge in [-0.05, 0) is 62.1 Å². The Labute approximate surface area is 157 Å². The fourth-order valence-corrected chi connectivity index (χ4v) is 4.04. The van der Waals surface area contributed by atoms with Crippen LogP contribution in [0.4, 0.5) is 0 Å². The van der Waals surface area contributed by atoms with E-state index in [1.165, 1.54) is 43.4 Å². The lowest BCUT2D eigenvalue weighted by Gasteiger charge is -2.38. The number of nitrogens with one attached hydrogen (secondary N) is 1. The van der Waals surface area contributed by atoms with Gasteiger partial charge in [0.1, 0.15) is 0 Å². The van der Waals surface area contributed by atoms with Crippen LogP contribution in [-0.4, -0.2) is 28.7 Å². The molecule has 2 aliphatic rings. The van der Waals surface area contributed by atoms with Crippen LogP contribution in [0.3, 0.4) is 0 Å². The molecule has 3 heterocycles. The molecule has 4 nitrogen and oxygen atoms in total. The van der Waals surface area contributed by atoms with Crippen molar-refractivity contribution in [2.24, 2.45) is 0 Å². The predicted molar refractivity (Wildman–Crippen MR) is 105 cm³/mol. The van der Waals surface area contributed by atoms with Crippen LogP contribution >= 0.6 is 0 Å². The molecule has 1 saturated carbocycles. The van der Waals surface area contributed by atoms with Crippen LogP contribution in [0.1, 0.15) is 62.6 Å². The third kappa shape index (κ3) is 5.36. The maximum atomic E-state index is 6.05. The number of hydrogen-bond acceptors (Lipinski definition) is 4. The Bertz CT molecular complexity index is 626. The van der Waals surface area contributed by atoms with E-state index in [1.54, 1.807) is 0 Å². The van der Waals surface area contributed by atoms with Gasteiger partial charge in [-0.15, -0.1) is 0 Å². The fourth-order valence-electron chi connectivity index (χ4n) is 4.04. The minimum Gasteiger partial charge on any atom is -0.375 e. The first kappa shape index (κ1) is 19.0. The molecule has 26 heavy (non-hydrogen) atoms. The van der Waals surface area contributed by atoms with Gasteiger partial charge in [0.15, 0.2) is 0 Å². The summed E-state index contributed by atoms with van der Waals surface area (Å²) in [7, 11) is 0. The quantitative estimate of drug-likeness (QED) is 0.880. The van der Waals surface area contributed by atoms with Gasteiger partial charge < -0.3 is 10.1 Å². The summed E-state index contributed by atoms with van der Waals surface area (Å²) in [5.41, 5.74) is 2.76. The van der Waals surface area contributed by atoms with Crippen LogP contribution < -0.4 is 5.32 Å². The highest BCUT2D eigenvalue weighted by molar-refractivity contribution is 5.12. The van der Waals surface area contributed by atoms with Crippen molar-refractivity contribution in [3.8, 4) is 0 Å². The Hall–Kier alpha value is -1.78. The number of pyridine rings is 2. The molecule has 1 unspecified atom stereocenters. The van der Waals surface area contributed by atoms with Gasteiger partial charge >= 0.3 is 0 Å². The maximum absolute atomic E-state index is 6.05. The van der Waals surface area contributed by atoms with E-state index in [2.05, 4.69) is 34.3 Å². The summed E-state index contributed by atoms with van der Waals surface area (Å²) in [6.07, 6.45) is 13.1. The van der Waals surface area contributed by atoms with Gasteiger partial charge in [-0.25, -0.2) is 0 Å². The molecule has 1 N–H and O–H groups in total. The highest BCUT2D eigenvalue weighted by atomic mass is 16.5. The SMILES string of the molecule is CCNCc1ccncc1.c1ccc(C2CCOC3(CCCC3)C2)nc1. The van der Waals surface area contributed by atoms with Gasteiger partial charge in [-0.2, -0.15) is 0 Å². The first-order valence-corrected chi connectivity index (χ1v) is 9.96. The second-order valence-corrected chi connectivity index (χ2v) is 7.32. The lowest BCUT2D eigenvalue weighted by atomic mass is 9.83. The van der Waals surface area contributed by atoms with Crippen molar-refractivity contribution >= 4 is 0 Å². The summed E-state index contributed by atoms with van der Waals surface area (Å²) in [5, 5.41) is 3.24. The van der Waals surface area contributed by atoms with Crippen LogP contribution in [0.15, 0.2) is 48.9 Å². The van der Waals surface area contributed by atoms with Gasteiger partial charge in [0.25, 0.3) is 0 Å². The number of ether oxygens (including phenoxy) is 1. The van der Waals surface area contributed by atoms with Crippen LogP contribution in [-0.2, 0) is 11.3 Å². The standard InChI is InChI=1S/C14H19NO.C8H12N2/c1-4-9-15-13(5-1)12-6-10-16-14(11-12)7-2-3-8-14;1-2-9-7-8-3-5-10-6-4-8/h1,4-5,9,12H,2-3,6-8,10-11H2;3-6,9H,2,7H2,1H3. The molecular weight excluding hydrogens is 322 g/mol. The van der Waals surface area contributed by atoms with E-state index in [1.807, 2.05) is 36.8 Å². The van der Waals surface area contributed by atoms with E-state index >= 15 is 0 Å². The molecule has 0 bridgehead atoms. The number of rotatable bonds is 4. The Morgan fingerprint density at radius 1 is 1.12 bits per heavy atom. The molecule has 1 aliphatic carbocycles. The van der Waals surface area contributed by atoms with Crippen molar-refractivity contribution in [3.63, 3.8) is 0 Å². The highest BCUT2D eigenvalue weighted by Gasteiger charge is 2.40. The van der Waals surface area contributed by atoms with Gasteiger partial charge in [0.05, 0.1) is 5.60 Å². The monoisotopic (exact) mass is 353 g/mol. The maximum Gasteiger partial charge on any atom is 0.0689 e. The zero-order valence-electron chi connectivity index (χ0n) is 15.9. The summed E-state index contributed by atoms with van der Waals surface area (Å²) in [5.74, 6) is 0.619. The zero-order valence-corrected chi connectivity index (χ0v) is 15.9. The van der Waals surface area contributed by atoms with E-state index in [4.69, 9.17) is 4.74 Å². The molecule has 2 aromatic rings. The number of hydrogen-bond donors (Lipinski definition) is 1. The molecule has 2 aromatic heterocycles. The minimum atomic E-state index is 0.209. The zero-order chi connectivity index (χ0) is 18.1. The van der Waals surface area contributed by atoms with Crippen molar-refractivity contribution < 1.29 is 4.74 Å². The lowest BCUT2D eigenvalue weighted by Crippen LogP contribution is -2.36. The summed E-state index contributed by atoms with van der Waals surface area (Å²) < 4.78 is 6.05. The third-order valence-corrected chi connectivity index (χ3v) is 5.44. The van der Waals surface area contributed by atoms with Gasteiger partial charge in [-0.3, -0.25) is 9.97 Å². The third-order valence-electron chi connectivity index (χ3n) is 5.44. The molecule has 1 spiro atoms. The molecule has 140 valence electrons. The van der Waals surface area contributed by atoms with Crippen LogP contribution in [0, 0.1) is 0 Å². The Balaban J connectivity index is 0.000000170. The normalized spacial score (nSPS) is 21.2. The Morgan fingerprint density at radius 3 is 2.62 bits per heavy atom. The summed E-state index contributed by atoms with van der Waals surface area (Å²) in [6.45, 7) is 4.98. The van der Waals surface area contributed by atoms with E-state index in [-0.39, 0.29) is 5.60 Å². The largest absolute Gasteiger partial charge is 0.375 e.